The summed E-state index contributed by atoms with van der Waals surface area (Å²) in [5.74, 6) is -1.04. The molecule has 1 aliphatic heterocycles. The number of thiophene rings is 1. The normalized spacial score (nSPS) is 16.8. The van der Waals surface area contributed by atoms with Crippen LogP contribution in [0.25, 0.3) is 10.1 Å². The maximum atomic E-state index is 14.0. The highest BCUT2D eigenvalue weighted by Crippen LogP contribution is 2.32. The van der Waals surface area contributed by atoms with Gasteiger partial charge in [0.25, 0.3) is 5.91 Å². The quantitative estimate of drug-likeness (QED) is 0.738. The molecule has 1 saturated heterocycles. The predicted molar refractivity (Wildman–Crippen MR) is 100 cm³/mol. The van der Waals surface area contributed by atoms with Crippen LogP contribution in [0.15, 0.2) is 18.2 Å². The van der Waals surface area contributed by atoms with Gasteiger partial charge in [-0.15, -0.1) is 23.7 Å². The average molecular weight is 426 g/mol. The first kappa shape index (κ1) is 21.9. The van der Waals surface area contributed by atoms with E-state index in [1.165, 1.54) is 11.0 Å². The second kappa shape index (κ2) is 8.72. The third kappa shape index (κ3) is 4.71. The van der Waals surface area contributed by atoms with Crippen molar-refractivity contribution in [1.82, 2.24) is 15.5 Å². The van der Waals surface area contributed by atoms with Crippen LogP contribution < -0.4 is 10.6 Å². The Morgan fingerprint density at radius 2 is 2.00 bits per heavy atom. The monoisotopic (exact) mass is 425 g/mol. The number of hydrogen-bond acceptors (Lipinski definition) is 4. The van der Waals surface area contributed by atoms with Crippen molar-refractivity contribution in [2.24, 2.45) is 0 Å². The lowest BCUT2D eigenvalue weighted by atomic mass is 10.1. The van der Waals surface area contributed by atoms with Gasteiger partial charge in [-0.1, -0.05) is 6.07 Å². The molecule has 150 valence electrons. The number of alkyl halides is 3. The highest BCUT2D eigenvalue weighted by molar-refractivity contribution is 7.21. The van der Waals surface area contributed by atoms with E-state index in [9.17, 15) is 22.4 Å². The summed E-state index contributed by atoms with van der Waals surface area (Å²) < 4.78 is 54.7. The number of hydrogen-bond donors (Lipinski definition) is 2. The fraction of sp³-hybridized carbons (Fsp3) is 0.471. The zero-order valence-electron chi connectivity index (χ0n) is 14.5. The number of nitrogens with one attached hydrogen (secondary N) is 2. The molecule has 0 aliphatic carbocycles. The maximum absolute atomic E-state index is 14.0. The van der Waals surface area contributed by atoms with Gasteiger partial charge < -0.3 is 10.6 Å². The van der Waals surface area contributed by atoms with Gasteiger partial charge in [0.05, 0.1) is 4.88 Å². The van der Waals surface area contributed by atoms with Crippen molar-refractivity contribution in [1.29, 1.82) is 0 Å². The Hall–Kier alpha value is -1.42. The molecule has 2 N–H and O–H groups in total. The molecule has 4 nitrogen and oxygen atoms in total. The van der Waals surface area contributed by atoms with E-state index in [2.05, 4.69) is 10.6 Å². The minimum atomic E-state index is -4.44. The van der Waals surface area contributed by atoms with Crippen LogP contribution in [-0.4, -0.2) is 55.7 Å². The van der Waals surface area contributed by atoms with Crippen LogP contribution in [0, 0.1) is 12.7 Å². The molecule has 1 aromatic heterocycles. The zero-order valence-corrected chi connectivity index (χ0v) is 16.2. The summed E-state index contributed by atoms with van der Waals surface area (Å²) in [5.41, 5.74) is 0.450. The van der Waals surface area contributed by atoms with Crippen molar-refractivity contribution in [3.63, 3.8) is 0 Å². The Kier molecular flexibility index (Phi) is 7.07. The lowest BCUT2D eigenvalue weighted by molar-refractivity contribution is -0.183. The Labute approximate surface area is 164 Å². The molecule has 0 bridgehead atoms. The number of nitrogens with zero attached hydrogens (tertiary/aromatic N) is 1. The summed E-state index contributed by atoms with van der Waals surface area (Å²) in [7, 11) is 0. The minimum absolute atomic E-state index is 0. The van der Waals surface area contributed by atoms with E-state index in [4.69, 9.17) is 0 Å². The molecule has 10 heteroatoms. The van der Waals surface area contributed by atoms with Crippen molar-refractivity contribution in [3.8, 4) is 0 Å². The molecule has 1 amide bonds. The van der Waals surface area contributed by atoms with Crippen LogP contribution in [0.1, 0.15) is 15.2 Å². The lowest BCUT2D eigenvalue weighted by Crippen LogP contribution is -2.57. The van der Waals surface area contributed by atoms with E-state index in [0.717, 1.165) is 11.3 Å². The summed E-state index contributed by atoms with van der Waals surface area (Å²) >= 11 is 1.08. The first-order valence-electron chi connectivity index (χ1n) is 8.26. The number of fused-ring (bicyclic) bond motifs is 1. The third-order valence-electron chi connectivity index (χ3n) is 4.54. The first-order valence-corrected chi connectivity index (χ1v) is 9.08. The average Bonchev–Trinajstić information content (AvgIpc) is 2.93. The topological polar surface area (TPSA) is 44.4 Å². The van der Waals surface area contributed by atoms with Gasteiger partial charge in [-0.05, 0) is 24.6 Å². The molecule has 0 spiro atoms. The molecule has 2 heterocycles. The second-order valence-corrected chi connectivity index (χ2v) is 7.27. The van der Waals surface area contributed by atoms with Crippen LogP contribution in [0.2, 0.25) is 0 Å². The van der Waals surface area contributed by atoms with Crippen molar-refractivity contribution >= 4 is 39.7 Å². The summed E-state index contributed by atoms with van der Waals surface area (Å²) in [6.45, 7) is 2.58. The summed E-state index contributed by atoms with van der Waals surface area (Å²) in [6.07, 6.45) is -4.44. The van der Waals surface area contributed by atoms with Crippen molar-refractivity contribution in [3.05, 3.63) is 34.5 Å². The van der Waals surface area contributed by atoms with Gasteiger partial charge in [0.2, 0.25) is 0 Å². The molecule has 0 radical (unpaired) electrons. The largest absolute Gasteiger partial charge is 0.405 e. The van der Waals surface area contributed by atoms with Crippen LogP contribution in [0.3, 0.4) is 0 Å². The molecule has 3 rings (SSSR count). The Bertz CT molecular complexity index is 805. The van der Waals surface area contributed by atoms with E-state index in [0.29, 0.717) is 28.7 Å². The van der Waals surface area contributed by atoms with Gasteiger partial charge >= 0.3 is 6.18 Å². The molecule has 1 aliphatic rings. The standard InChI is InChI=1S/C17H19F4N3OS.ClH/c1-10-14-11(18)3-2-4-12(14)26-15(10)16(25)23-9-13(17(19,20)21)24-7-5-22-6-8-24;/h2-4,13,22H,5-9H2,1H3,(H,23,25);1H. The third-order valence-corrected chi connectivity index (χ3v) is 5.79. The van der Waals surface area contributed by atoms with Crippen molar-refractivity contribution < 1.29 is 22.4 Å². The van der Waals surface area contributed by atoms with E-state index < -0.39 is 30.5 Å². The molecule has 1 aromatic carbocycles. The number of piperazine rings is 1. The molecule has 27 heavy (non-hydrogen) atoms. The Balaban J connectivity index is 0.00000261. The van der Waals surface area contributed by atoms with Crippen LogP contribution in [0.5, 0.6) is 0 Å². The van der Waals surface area contributed by atoms with Crippen molar-refractivity contribution in [2.75, 3.05) is 32.7 Å². The van der Waals surface area contributed by atoms with E-state index in [1.807, 2.05) is 0 Å². The van der Waals surface area contributed by atoms with Gasteiger partial charge in [-0.25, -0.2) is 4.39 Å². The number of amides is 1. The Morgan fingerprint density at radius 3 is 2.59 bits per heavy atom. The lowest BCUT2D eigenvalue weighted by Gasteiger charge is -2.35. The van der Waals surface area contributed by atoms with Gasteiger partial charge in [-0.3, -0.25) is 9.69 Å². The Morgan fingerprint density at radius 1 is 1.33 bits per heavy atom. The number of carbonyl (C=O) groups excluding carboxylic acids is 1. The van der Waals surface area contributed by atoms with Crippen LogP contribution >= 0.6 is 23.7 Å². The second-order valence-electron chi connectivity index (χ2n) is 6.22. The van der Waals surface area contributed by atoms with Crippen LogP contribution in [0.4, 0.5) is 17.6 Å². The fourth-order valence-corrected chi connectivity index (χ4v) is 4.32. The highest BCUT2D eigenvalue weighted by atomic mass is 35.5. The predicted octanol–water partition coefficient (Wildman–Crippen LogP) is 3.34. The van der Waals surface area contributed by atoms with E-state index in [1.54, 1.807) is 19.1 Å². The summed E-state index contributed by atoms with van der Waals surface area (Å²) in [4.78, 5) is 14.0. The molecule has 1 unspecified atom stereocenters. The van der Waals surface area contributed by atoms with Gasteiger partial charge in [-0.2, -0.15) is 13.2 Å². The molecule has 2 aromatic rings. The molecule has 1 atom stereocenters. The summed E-state index contributed by atoms with van der Waals surface area (Å²) in [5, 5.41) is 5.74. The van der Waals surface area contributed by atoms with E-state index >= 15 is 0 Å². The van der Waals surface area contributed by atoms with Crippen LogP contribution in [-0.2, 0) is 0 Å². The number of aryl methyl sites for hydroxylation is 1. The summed E-state index contributed by atoms with van der Waals surface area (Å²) in [6, 6.07) is 2.79. The van der Waals surface area contributed by atoms with Gasteiger partial charge in [0.15, 0.2) is 0 Å². The molecule has 1 fully saturated rings. The number of carbonyl (C=O) groups is 1. The van der Waals surface area contributed by atoms with Crippen molar-refractivity contribution in [2.45, 2.75) is 19.1 Å². The van der Waals surface area contributed by atoms with Gasteiger partial charge in [0, 0.05) is 42.8 Å². The molecule has 0 saturated carbocycles. The smallest absolute Gasteiger partial charge is 0.349 e. The van der Waals surface area contributed by atoms with E-state index in [-0.39, 0.29) is 30.4 Å². The zero-order chi connectivity index (χ0) is 18.9. The first-order chi connectivity index (χ1) is 12.3. The maximum Gasteiger partial charge on any atom is 0.405 e. The number of benzene rings is 1. The minimum Gasteiger partial charge on any atom is -0.349 e. The molecular weight excluding hydrogens is 406 g/mol. The number of halogens is 5. The van der Waals surface area contributed by atoms with Gasteiger partial charge in [0.1, 0.15) is 11.9 Å². The fourth-order valence-electron chi connectivity index (χ4n) is 3.19. The number of rotatable bonds is 4. The highest BCUT2D eigenvalue weighted by Gasteiger charge is 2.43. The molecular formula is C17H20ClF4N3OS. The SMILES string of the molecule is Cc1c(C(=O)NCC(N2CCNCC2)C(F)(F)F)sc2cccc(F)c12.Cl.